The molecule has 0 aliphatic rings. The SMILES string of the molecule is COC(=O)C(C)(C)Oc1ccc(C#N)cc1. The van der Waals surface area contributed by atoms with Crippen molar-refractivity contribution in [3.63, 3.8) is 0 Å². The Morgan fingerprint density at radius 3 is 2.31 bits per heavy atom. The highest BCUT2D eigenvalue weighted by molar-refractivity contribution is 5.78. The van der Waals surface area contributed by atoms with Gasteiger partial charge in [-0.15, -0.1) is 0 Å². The van der Waals surface area contributed by atoms with Crippen LogP contribution in [0.1, 0.15) is 19.4 Å². The Labute approximate surface area is 94.4 Å². The van der Waals surface area contributed by atoms with Crippen LogP contribution in [0, 0.1) is 11.3 Å². The van der Waals surface area contributed by atoms with Gasteiger partial charge in [0.15, 0.2) is 5.60 Å². The number of nitriles is 1. The van der Waals surface area contributed by atoms with Crippen LogP contribution >= 0.6 is 0 Å². The molecule has 0 saturated heterocycles. The number of rotatable bonds is 3. The van der Waals surface area contributed by atoms with E-state index in [1.54, 1.807) is 38.1 Å². The highest BCUT2D eigenvalue weighted by Gasteiger charge is 2.30. The highest BCUT2D eigenvalue weighted by atomic mass is 16.6. The van der Waals surface area contributed by atoms with E-state index in [1.165, 1.54) is 7.11 Å². The van der Waals surface area contributed by atoms with Gasteiger partial charge in [0.1, 0.15) is 5.75 Å². The number of esters is 1. The number of carbonyl (C=O) groups is 1. The van der Waals surface area contributed by atoms with Crippen molar-refractivity contribution in [1.29, 1.82) is 5.26 Å². The predicted molar refractivity (Wildman–Crippen MR) is 57.9 cm³/mol. The fourth-order valence-electron chi connectivity index (χ4n) is 1.18. The van der Waals surface area contributed by atoms with Crippen molar-refractivity contribution in [1.82, 2.24) is 0 Å². The third-order valence-electron chi connectivity index (χ3n) is 2.03. The van der Waals surface area contributed by atoms with Gasteiger partial charge in [0.05, 0.1) is 18.7 Å². The van der Waals surface area contributed by atoms with Crippen LogP contribution < -0.4 is 4.74 Å². The van der Waals surface area contributed by atoms with Crippen molar-refractivity contribution in [2.24, 2.45) is 0 Å². The van der Waals surface area contributed by atoms with Gasteiger partial charge < -0.3 is 9.47 Å². The Kier molecular flexibility index (Phi) is 3.51. The molecule has 0 radical (unpaired) electrons. The summed E-state index contributed by atoms with van der Waals surface area (Å²) in [4.78, 5) is 11.4. The number of carbonyl (C=O) groups excluding carboxylic acids is 1. The Bertz CT molecular complexity index is 415. The summed E-state index contributed by atoms with van der Waals surface area (Å²) in [5.74, 6) is 0.0752. The minimum Gasteiger partial charge on any atom is -0.476 e. The average molecular weight is 219 g/mol. The molecule has 84 valence electrons. The van der Waals surface area contributed by atoms with Crippen LogP contribution in [0.2, 0.25) is 0 Å². The van der Waals surface area contributed by atoms with Gasteiger partial charge in [0.25, 0.3) is 0 Å². The molecule has 1 rings (SSSR count). The van der Waals surface area contributed by atoms with Gasteiger partial charge in [0.2, 0.25) is 0 Å². The maximum absolute atomic E-state index is 11.4. The fraction of sp³-hybridized carbons (Fsp3) is 0.333. The van der Waals surface area contributed by atoms with Crippen molar-refractivity contribution in [3.05, 3.63) is 29.8 Å². The zero-order valence-electron chi connectivity index (χ0n) is 9.48. The van der Waals surface area contributed by atoms with Crippen LogP contribution in [0.15, 0.2) is 24.3 Å². The first-order valence-electron chi connectivity index (χ1n) is 4.77. The lowest BCUT2D eigenvalue weighted by atomic mass is 10.1. The van der Waals surface area contributed by atoms with E-state index >= 15 is 0 Å². The quantitative estimate of drug-likeness (QED) is 0.728. The molecule has 1 aromatic carbocycles. The van der Waals surface area contributed by atoms with Gasteiger partial charge >= 0.3 is 5.97 Å². The van der Waals surface area contributed by atoms with Crippen molar-refractivity contribution in [2.75, 3.05) is 7.11 Å². The summed E-state index contributed by atoms with van der Waals surface area (Å²) in [5, 5.41) is 8.62. The van der Waals surface area contributed by atoms with E-state index in [9.17, 15) is 4.79 Å². The molecule has 0 spiro atoms. The third-order valence-corrected chi connectivity index (χ3v) is 2.03. The first-order valence-corrected chi connectivity index (χ1v) is 4.77. The molecule has 0 saturated carbocycles. The predicted octanol–water partition coefficient (Wildman–Crippen LogP) is 1.89. The summed E-state index contributed by atoms with van der Waals surface area (Å²) >= 11 is 0. The summed E-state index contributed by atoms with van der Waals surface area (Å²) < 4.78 is 10.1. The molecule has 16 heavy (non-hydrogen) atoms. The molecule has 0 bridgehead atoms. The standard InChI is InChI=1S/C12H13NO3/c1-12(2,11(14)15-3)16-10-6-4-9(8-13)5-7-10/h4-7H,1-3H3. The third kappa shape index (κ3) is 2.74. The zero-order chi connectivity index (χ0) is 12.2. The summed E-state index contributed by atoms with van der Waals surface area (Å²) in [6.07, 6.45) is 0. The molecule has 0 fully saturated rings. The van der Waals surface area contributed by atoms with Crippen molar-refractivity contribution < 1.29 is 14.3 Å². The summed E-state index contributed by atoms with van der Waals surface area (Å²) in [5.41, 5.74) is -0.494. The molecule has 0 aromatic heterocycles. The molecule has 0 atom stereocenters. The second-order valence-corrected chi connectivity index (χ2v) is 3.74. The van der Waals surface area contributed by atoms with Crippen LogP contribution in [-0.2, 0) is 9.53 Å². The first kappa shape index (κ1) is 12.1. The molecule has 0 amide bonds. The minimum atomic E-state index is -1.04. The number of benzene rings is 1. The molecular formula is C12H13NO3. The zero-order valence-corrected chi connectivity index (χ0v) is 9.48. The molecule has 0 N–H and O–H groups in total. The molecule has 4 nitrogen and oxygen atoms in total. The molecule has 0 unspecified atom stereocenters. The highest BCUT2D eigenvalue weighted by Crippen LogP contribution is 2.19. The van der Waals surface area contributed by atoms with Gasteiger partial charge in [-0.2, -0.15) is 5.26 Å². The lowest BCUT2D eigenvalue weighted by molar-refractivity contribution is -0.156. The summed E-state index contributed by atoms with van der Waals surface area (Å²) in [6, 6.07) is 8.54. The monoisotopic (exact) mass is 219 g/mol. The van der Waals surface area contributed by atoms with Crippen LogP contribution in [0.25, 0.3) is 0 Å². The van der Waals surface area contributed by atoms with E-state index in [0.29, 0.717) is 11.3 Å². The van der Waals surface area contributed by atoms with Crippen LogP contribution in [0.5, 0.6) is 5.75 Å². The summed E-state index contributed by atoms with van der Waals surface area (Å²) in [6.45, 7) is 3.24. The normalized spacial score (nSPS) is 10.4. The van der Waals surface area contributed by atoms with E-state index in [0.717, 1.165) is 0 Å². The molecule has 0 aliphatic carbocycles. The Balaban J connectivity index is 2.81. The van der Waals surface area contributed by atoms with E-state index in [2.05, 4.69) is 4.74 Å². The lowest BCUT2D eigenvalue weighted by Crippen LogP contribution is -2.39. The smallest absolute Gasteiger partial charge is 0.349 e. The Morgan fingerprint density at radius 1 is 1.31 bits per heavy atom. The van der Waals surface area contributed by atoms with Gasteiger partial charge in [-0.25, -0.2) is 4.79 Å². The Hall–Kier alpha value is -2.02. The van der Waals surface area contributed by atoms with Crippen LogP contribution in [-0.4, -0.2) is 18.7 Å². The molecule has 0 aliphatic heterocycles. The van der Waals surface area contributed by atoms with Crippen LogP contribution in [0.4, 0.5) is 0 Å². The van der Waals surface area contributed by atoms with E-state index in [-0.39, 0.29) is 0 Å². The number of ether oxygens (including phenoxy) is 2. The maximum Gasteiger partial charge on any atom is 0.349 e. The largest absolute Gasteiger partial charge is 0.476 e. The first-order chi connectivity index (χ1) is 7.49. The number of methoxy groups -OCH3 is 1. The van der Waals surface area contributed by atoms with Gasteiger partial charge in [-0.05, 0) is 38.1 Å². The number of hydrogen-bond donors (Lipinski definition) is 0. The number of nitrogens with zero attached hydrogens (tertiary/aromatic N) is 1. The van der Waals surface area contributed by atoms with Gasteiger partial charge in [-0.3, -0.25) is 0 Å². The average Bonchev–Trinajstić information content (AvgIpc) is 2.28. The maximum atomic E-state index is 11.4. The van der Waals surface area contributed by atoms with Crippen molar-refractivity contribution in [3.8, 4) is 11.8 Å². The summed E-state index contributed by atoms with van der Waals surface area (Å²) in [7, 11) is 1.31. The Morgan fingerprint density at radius 2 is 1.88 bits per heavy atom. The molecule has 4 heteroatoms. The lowest BCUT2D eigenvalue weighted by Gasteiger charge is -2.23. The van der Waals surface area contributed by atoms with E-state index in [4.69, 9.17) is 10.00 Å². The molecule has 1 aromatic rings. The molecular weight excluding hydrogens is 206 g/mol. The van der Waals surface area contributed by atoms with E-state index < -0.39 is 11.6 Å². The van der Waals surface area contributed by atoms with Gasteiger partial charge in [0, 0.05) is 0 Å². The second-order valence-electron chi connectivity index (χ2n) is 3.74. The second kappa shape index (κ2) is 4.67. The van der Waals surface area contributed by atoms with Crippen molar-refractivity contribution >= 4 is 5.97 Å². The van der Waals surface area contributed by atoms with Crippen molar-refractivity contribution in [2.45, 2.75) is 19.4 Å². The topological polar surface area (TPSA) is 59.3 Å². The fourth-order valence-corrected chi connectivity index (χ4v) is 1.18. The minimum absolute atomic E-state index is 0.447. The van der Waals surface area contributed by atoms with E-state index in [1.807, 2.05) is 6.07 Å². The molecule has 0 heterocycles. The van der Waals surface area contributed by atoms with Gasteiger partial charge in [-0.1, -0.05) is 0 Å². The van der Waals surface area contributed by atoms with Crippen LogP contribution in [0.3, 0.4) is 0 Å². The number of hydrogen-bond acceptors (Lipinski definition) is 4.